The van der Waals surface area contributed by atoms with Gasteiger partial charge in [0.05, 0.1) is 7.11 Å². The minimum absolute atomic E-state index is 0.0135. The fraction of sp³-hybridized carbons (Fsp3) is 0.318. The highest BCUT2D eigenvalue weighted by Gasteiger charge is 2.34. The summed E-state index contributed by atoms with van der Waals surface area (Å²) < 4.78 is 10.7. The molecule has 0 bridgehead atoms. The number of aromatic nitrogens is 2. The van der Waals surface area contributed by atoms with Crippen LogP contribution in [0.2, 0.25) is 0 Å². The number of rotatable bonds is 5. The van der Waals surface area contributed by atoms with Crippen molar-refractivity contribution in [1.82, 2.24) is 15.0 Å². The summed E-state index contributed by atoms with van der Waals surface area (Å²) in [4.78, 5) is 21.5. The second-order valence-corrected chi connectivity index (χ2v) is 7.29. The van der Waals surface area contributed by atoms with E-state index in [0.717, 1.165) is 29.8 Å². The fourth-order valence-corrected chi connectivity index (χ4v) is 3.58. The van der Waals surface area contributed by atoms with Crippen molar-refractivity contribution >= 4 is 11.6 Å². The molecule has 0 saturated carbocycles. The molecular weight excluding hydrogens is 368 g/mol. The van der Waals surface area contributed by atoms with Crippen LogP contribution in [0.15, 0.2) is 53.1 Å². The van der Waals surface area contributed by atoms with Gasteiger partial charge in [0.2, 0.25) is 11.7 Å². The van der Waals surface area contributed by atoms with Gasteiger partial charge < -0.3 is 19.1 Å². The lowest BCUT2D eigenvalue weighted by atomic mass is 10.1. The van der Waals surface area contributed by atoms with Crippen molar-refractivity contribution in [1.29, 1.82) is 0 Å². The molecule has 1 saturated heterocycles. The predicted molar refractivity (Wildman–Crippen MR) is 110 cm³/mol. The van der Waals surface area contributed by atoms with E-state index < -0.39 is 0 Å². The van der Waals surface area contributed by atoms with Crippen LogP contribution in [0.3, 0.4) is 0 Å². The van der Waals surface area contributed by atoms with Crippen LogP contribution in [0.1, 0.15) is 35.1 Å². The number of hydrogen-bond donors (Lipinski definition) is 0. The number of carbonyl (C=O) groups excluding carboxylic acids is 1. The smallest absolute Gasteiger partial charge is 0.254 e. The molecule has 0 unspecified atom stereocenters. The Labute approximate surface area is 169 Å². The maximum absolute atomic E-state index is 13.2. The highest BCUT2D eigenvalue weighted by atomic mass is 16.5. The molecule has 7 nitrogen and oxygen atoms in total. The molecule has 2 aromatic carbocycles. The Morgan fingerprint density at radius 3 is 2.72 bits per heavy atom. The van der Waals surface area contributed by atoms with E-state index in [-0.39, 0.29) is 11.9 Å². The van der Waals surface area contributed by atoms with Crippen molar-refractivity contribution in [3.63, 3.8) is 0 Å². The van der Waals surface area contributed by atoms with E-state index in [4.69, 9.17) is 9.26 Å². The zero-order valence-electron chi connectivity index (χ0n) is 16.8. The second-order valence-electron chi connectivity index (χ2n) is 7.29. The summed E-state index contributed by atoms with van der Waals surface area (Å²) in [7, 11) is 5.55. The molecule has 1 atom stereocenters. The van der Waals surface area contributed by atoms with Gasteiger partial charge in [0.15, 0.2) is 0 Å². The molecule has 29 heavy (non-hydrogen) atoms. The van der Waals surface area contributed by atoms with Gasteiger partial charge >= 0.3 is 0 Å². The molecule has 4 rings (SSSR count). The molecule has 3 aromatic rings. The van der Waals surface area contributed by atoms with Crippen molar-refractivity contribution in [3.8, 4) is 17.1 Å². The van der Waals surface area contributed by atoms with Gasteiger partial charge in [0.1, 0.15) is 11.8 Å². The molecule has 150 valence electrons. The van der Waals surface area contributed by atoms with Crippen LogP contribution in [0.5, 0.6) is 5.75 Å². The average Bonchev–Trinajstić information content (AvgIpc) is 3.43. The molecule has 1 fully saturated rings. The first kappa shape index (κ1) is 19.0. The highest BCUT2D eigenvalue weighted by molar-refractivity contribution is 5.95. The van der Waals surface area contributed by atoms with E-state index in [0.29, 0.717) is 23.8 Å². The number of methoxy groups -OCH3 is 1. The van der Waals surface area contributed by atoms with Crippen LogP contribution in [-0.4, -0.2) is 48.7 Å². The number of likely N-dealkylation sites (tertiary alicyclic amines) is 1. The van der Waals surface area contributed by atoms with Crippen LogP contribution >= 0.6 is 0 Å². The van der Waals surface area contributed by atoms with Gasteiger partial charge in [-0.25, -0.2) is 0 Å². The van der Waals surface area contributed by atoms with Crippen LogP contribution in [0, 0.1) is 0 Å². The third-order valence-electron chi connectivity index (χ3n) is 5.20. The number of amides is 1. The quantitative estimate of drug-likeness (QED) is 0.658. The Hall–Kier alpha value is -3.35. The molecule has 1 aromatic heterocycles. The van der Waals surface area contributed by atoms with Gasteiger partial charge in [-0.1, -0.05) is 11.2 Å². The zero-order chi connectivity index (χ0) is 20.4. The summed E-state index contributed by atoms with van der Waals surface area (Å²) in [6.45, 7) is 0.677. The third-order valence-corrected chi connectivity index (χ3v) is 5.20. The van der Waals surface area contributed by atoms with Gasteiger partial charge in [0.25, 0.3) is 5.91 Å². The summed E-state index contributed by atoms with van der Waals surface area (Å²) >= 11 is 0. The minimum Gasteiger partial charge on any atom is -0.497 e. The molecule has 7 heteroatoms. The molecule has 1 amide bonds. The molecule has 1 aliphatic rings. The number of benzene rings is 2. The number of anilines is 1. The van der Waals surface area contributed by atoms with Gasteiger partial charge in [-0.05, 0) is 55.3 Å². The lowest BCUT2D eigenvalue weighted by molar-refractivity contribution is 0.0710. The monoisotopic (exact) mass is 392 g/mol. The third kappa shape index (κ3) is 3.81. The van der Waals surface area contributed by atoms with Crippen molar-refractivity contribution in [2.45, 2.75) is 18.9 Å². The predicted octanol–water partition coefficient (Wildman–Crippen LogP) is 3.79. The summed E-state index contributed by atoms with van der Waals surface area (Å²) in [5.74, 6) is 1.74. The van der Waals surface area contributed by atoms with Crippen molar-refractivity contribution in [2.24, 2.45) is 0 Å². The standard InChI is InChI=1S/C22H24N4O3/c1-25(2)17-7-4-6-16(14-17)22(27)26-13-5-8-19(26)21-23-20(24-29-21)15-9-11-18(28-3)12-10-15/h4,6-7,9-12,14,19H,5,8,13H2,1-3H3/t19-/m1/s1. The van der Waals surface area contributed by atoms with E-state index in [1.807, 2.05) is 72.4 Å². The molecular formula is C22H24N4O3. The van der Waals surface area contributed by atoms with Crippen molar-refractivity contribution < 1.29 is 14.1 Å². The lowest BCUT2D eigenvalue weighted by Crippen LogP contribution is -2.30. The van der Waals surface area contributed by atoms with Crippen LogP contribution < -0.4 is 9.64 Å². The van der Waals surface area contributed by atoms with Gasteiger partial charge in [-0.15, -0.1) is 0 Å². The maximum atomic E-state index is 13.2. The SMILES string of the molecule is COc1ccc(-c2noc([C@H]3CCCN3C(=O)c3cccc(N(C)C)c3)n2)cc1. The zero-order valence-corrected chi connectivity index (χ0v) is 16.8. The summed E-state index contributed by atoms with van der Waals surface area (Å²) in [5.41, 5.74) is 2.50. The first-order chi connectivity index (χ1) is 14.1. The molecule has 0 radical (unpaired) electrons. The molecule has 0 N–H and O–H groups in total. The first-order valence-corrected chi connectivity index (χ1v) is 9.63. The largest absolute Gasteiger partial charge is 0.497 e. The highest BCUT2D eigenvalue weighted by Crippen LogP contribution is 2.33. The summed E-state index contributed by atoms with van der Waals surface area (Å²) in [5, 5.41) is 4.12. The van der Waals surface area contributed by atoms with Crippen LogP contribution in [0.25, 0.3) is 11.4 Å². The van der Waals surface area contributed by atoms with Gasteiger partial charge in [-0.3, -0.25) is 4.79 Å². The van der Waals surface area contributed by atoms with Crippen LogP contribution in [0.4, 0.5) is 5.69 Å². The van der Waals surface area contributed by atoms with Crippen molar-refractivity contribution in [3.05, 3.63) is 60.0 Å². The Kier molecular flexibility index (Phi) is 5.20. The normalized spacial score (nSPS) is 16.1. The number of ether oxygens (including phenoxy) is 1. The molecule has 2 heterocycles. The average molecular weight is 392 g/mol. The number of nitrogens with zero attached hydrogens (tertiary/aromatic N) is 4. The summed E-state index contributed by atoms with van der Waals surface area (Å²) in [6.07, 6.45) is 1.72. The van der Waals surface area contributed by atoms with E-state index in [9.17, 15) is 4.79 Å². The topological polar surface area (TPSA) is 71.7 Å². The van der Waals surface area contributed by atoms with Crippen LogP contribution in [-0.2, 0) is 0 Å². The van der Waals surface area contributed by atoms with E-state index in [1.54, 1.807) is 7.11 Å². The number of carbonyl (C=O) groups is 1. The lowest BCUT2D eigenvalue weighted by Gasteiger charge is -2.22. The Balaban J connectivity index is 1.56. The number of hydrogen-bond acceptors (Lipinski definition) is 6. The summed E-state index contributed by atoms with van der Waals surface area (Å²) in [6, 6.07) is 14.9. The second kappa shape index (κ2) is 7.95. The molecule has 0 spiro atoms. The molecule has 1 aliphatic heterocycles. The molecule has 0 aliphatic carbocycles. The minimum atomic E-state index is -0.204. The van der Waals surface area contributed by atoms with Gasteiger partial charge in [-0.2, -0.15) is 4.98 Å². The van der Waals surface area contributed by atoms with Gasteiger partial charge in [0, 0.05) is 37.5 Å². The Morgan fingerprint density at radius 1 is 1.21 bits per heavy atom. The van der Waals surface area contributed by atoms with E-state index in [1.165, 1.54) is 0 Å². The van der Waals surface area contributed by atoms with E-state index in [2.05, 4.69) is 10.1 Å². The Bertz CT molecular complexity index is 997. The fourth-order valence-electron chi connectivity index (χ4n) is 3.58. The van der Waals surface area contributed by atoms with Crippen molar-refractivity contribution in [2.75, 3.05) is 32.6 Å². The van der Waals surface area contributed by atoms with E-state index >= 15 is 0 Å². The maximum Gasteiger partial charge on any atom is 0.254 e. The first-order valence-electron chi connectivity index (χ1n) is 9.63. The Morgan fingerprint density at radius 2 is 2.00 bits per heavy atom.